The maximum absolute atomic E-state index is 5.81. The normalized spacial score (nSPS) is 10.8. The molecule has 2 rings (SSSR count). The Morgan fingerprint density at radius 1 is 1.36 bits per heavy atom. The number of aryl methyl sites for hydroxylation is 1. The van der Waals surface area contributed by atoms with Gasteiger partial charge in [-0.3, -0.25) is 0 Å². The van der Waals surface area contributed by atoms with Crippen molar-refractivity contribution < 1.29 is 0 Å². The molecule has 4 nitrogen and oxygen atoms in total. The molecule has 0 aliphatic carbocycles. The third-order valence-corrected chi connectivity index (χ3v) is 2.21. The Morgan fingerprint density at radius 3 is 2.71 bits per heavy atom. The molecule has 2 N–H and O–H groups in total. The van der Waals surface area contributed by atoms with Crippen molar-refractivity contribution in [2.45, 2.75) is 6.92 Å². The fourth-order valence-electron chi connectivity index (χ4n) is 1.61. The van der Waals surface area contributed by atoms with E-state index in [-0.39, 0.29) is 0 Å². The number of fused-ring (bicyclic) bond motifs is 1. The summed E-state index contributed by atoms with van der Waals surface area (Å²) in [5.74, 6) is 0.524. The van der Waals surface area contributed by atoms with Gasteiger partial charge < -0.3 is 10.7 Å². The zero-order valence-corrected chi connectivity index (χ0v) is 8.65. The molecule has 0 spiro atoms. The molecule has 74 valence electrons. The number of benzene rings is 1. The third kappa shape index (κ3) is 1.19. The molecule has 0 radical (unpaired) electrons. The number of anilines is 1. The SMILES string of the molecule is Cc1ccc2nc(N)n(N(C)C)c2c1. The van der Waals surface area contributed by atoms with E-state index in [0.717, 1.165) is 11.0 Å². The van der Waals surface area contributed by atoms with E-state index in [1.54, 1.807) is 0 Å². The van der Waals surface area contributed by atoms with Crippen LogP contribution >= 0.6 is 0 Å². The Hall–Kier alpha value is -1.71. The van der Waals surface area contributed by atoms with Crippen LogP contribution in [0.1, 0.15) is 5.56 Å². The van der Waals surface area contributed by atoms with Crippen LogP contribution in [0.25, 0.3) is 11.0 Å². The number of hydrogen-bond acceptors (Lipinski definition) is 3. The van der Waals surface area contributed by atoms with Crippen LogP contribution < -0.4 is 10.7 Å². The molecule has 2 aromatic rings. The molecular weight excluding hydrogens is 176 g/mol. The fourth-order valence-corrected chi connectivity index (χ4v) is 1.61. The second-order valence-corrected chi connectivity index (χ2v) is 3.62. The van der Waals surface area contributed by atoms with Gasteiger partial charge >= 0.3 is 0 Å². The molecule has 0 bridgehead atoms. The summed E-state index contributed by atoms with van der Waals surface area (Å²) >= 11 is 0. The highest BCUT2D eigenvalue weighted by molar-refractivity contribution is 5.79. The smallest absolute Gasteiger partial charge is 0.220 e. The molecular formula is C10H14N4. The van der Waals surface area contributed by atoms with E-state index < -0.39 is 0 Å². The lowest BCUT2D eigenvalue weighted by molar-refractivity contribution is 0.765. The van der Waals surface area contributed by atoms with Crippen LogP contribution in [0, 0.1) is 6.92 Å². The molecule has 0 aliphatic rings. The molecule has 0 amide bonds. The van der Waals surface area contributed by atoms with E-state index in [9.17, 15) is 0 Å². The highest BCUT2D eigenvalue weighted by Crippen LogP contribution is 2.18. The zero-order chi connectivity index (χ0) is 10.3. The van der Waals surface area contributed by atoms with Gasteiger partial charge in [0.15, 0.2) is 0 Å². The summed E-state index contributed by atoms with van der Waals surface area (Å²) in [6.07, 6.45) is 0. The van der Waals surface area contributed by atoms with Crippen molar-refractivity contribution >= 4 is 17.0 Å². The van der Waals surface area contributed by atoms with E-state index >= 15 is 0 Å². The molecule has 14 heavy (non-hydrogen) atoms. The minimum Gasteiger partial charge on any atom is -0.368 e. The van der Waals surface area contributed by atoms with Crippen LogP contribution in [0.15, 0.2) is 18.2 Å². The van der Waals surface area contributed by atoms with Gasteiger partial charge in [0.2, 0.25) is 5.95 Å². The first-order valence-corrected chi connectivity index (χ1v) is 4.52. The van der Waals surface area contributed by atoms with Crippen LogP contribution in [0.3, 0.4) is 0 Å². The highest BCUT2D eigenvalue weighted by atomic mass is 15.6. The summed E-state index contributed by atoms with van der Waals surface area (Å²) in [7, 11) is 3.89. The second-order valence-electron chi connectivity index (χ2n) is 3.62. The minimum atomic E-state index is 0.524. The van der Waals surface area contributed by atoms with Crippen molar-refractivity contribution in [1.82, 2.24) is 9.66 Å². The van der Waals surface area contributed by atoms with Gasteiger partial charge in [0, 0.05) is 14.1 Å². The summed E-state index contributed by atoms with van der Waals surface area (Å²) in [6.45, 7) is 2.06. The number of aromatic nitrogens is 2. The Labute approximate surface area is 82.9 Å². The monoisotopic (exact) mass is 190 g/mol. The maximum atomic E-state index is 5.81. The van der Waals surface area contributed by atoms with E-state index in [4.69, 9.17) is 5.73 Å². The van der Waals surface area contributed by atoms with Crippen LogP contribution in [-0.2, 0) is 0 Å². The molecule has 0 saturated heterocycles. The first-order chi connectivity index (χ1) is 6.59. The van der Waals surface area contributed by atoms with Crippen molar-refractivity contribution in [3.63, 3.8) is 0 Å². The van der Waals surface area contributed by atoms with Gasteiger partial charge in [0.05, 0.1) is 11.0 Å². The first kappa shape index (κ1) is 8.87. The van der Waals surface area contributed by atoms with Crippen molar-refractivity contribution in [3.05, 3.63) is 23.8 Å². The van der Waals surface area contributed by atoms with E-state index in [2.05, 4.69) is 18.0 Å². The molecule has 1 aromatic carbocycles. The highest BCUT2D eigenvalue weighted by Gasteiger charge is 2.08. The Bertz CT molecular complexity index is 470. The fraction of sp³-hybridized carbons (Fsp3) is 0.300. The minimum absolute atomic E-state index is 0.524. The predicted molar refractivity (Wildman–Crippen MR) is 58.9 cm³/mol. The van der Waals surface area contributed by atoms with Crippen molar-refractivity contribution in [2.75, 3.05) is 24.8 Å². The van der Waals surface area contributed by atoms with Crippen molar-refractivity contribution in [2.24, 2.45) is 0 Å². The maximum Gasteiger partial charge on any atom is 0.220 e. The topological polar surface area (TPSA) is 47.1 Å². The molecule has 0 aliphatic heterocycles. The van der Waals surface area contributed by atoms with Gasteiger partial charge in [-0.25, -0.2) is 9.66 Å². The molecule has 0 saturated carbocycles. The van der Waals surface area contributed by atoms with Crippen LogP contribution in [0.5, 0.6) is 0 Å². The Morgan fingerprint density at radius 2 is 2.07 bits per heavy atom. The molecule has 4 heteroatoms. The van der Waals surface area contributed by atoms with E-state index in [1.807, 2.05) is 35.9 Å². The van der Waals surface area contributed by atoms with E-state index in [0.29, 0.717) is 5.95 Å². The van der Waals surface area contributed by atoms with Gasteiger partial charge in [-0.2, -0.15) is 0 Å². The second kappa shape index (κ2) is 2.90. The quantitative estimate of drug-likeness (QED) is 0.733. The van der Waals surface area contributed by atoms with E-state index in [1.165, 1.54) is 5.56 Å². The third-order valence-electron chi connectivity index (χ3n) is 2.21. The van der Waals surface area contributed by atoms with Crippen molar-refractivity contribution in [3.8, 4) is 0 Å². The lowest BCUT2D eigenvalue weighted by Crippen LogP contribution is -2.26. The molecule has 0 fully saturated rings. The Kier molecular flexibility index (Phi) is 1.84. The van der Waals surface area contributed by atoms with Gasteiger partial charge in [-0.1, -0.05) is 6.07 Å². The summed E-state index contributed by atoms with van der Waals surface area (Å²) < 4.78 is 1.89. The Balaban J connectivity index is 2.79. The lowest BCUT2D eigenvalue weighted by Gasteiger charge is -2.16. The molecule has 0 unspecified atom stereocenters. The summed E-state index contributed by atoms with van der Waals surface area (Å²) in [5, 5.41) is 1.92. The predicted octanol–water partition coefficient (Wildman–Crippen LogP) is 1.12. The number of hydrogen-bond donors (Lipinski definition) is 1. The average molecular weight is 190 g/mol. The summed E-state index contributed by atoms with van der Waals surface area (Å²) in [4.78, 5) is 4.27. The average Bonchev–Trinajstić information content (AvgIpc) is 2.40. The number of rotatable bonds is 1. The van der Waals surface area contributed by atoms with Crippen LogP contribution in [0.2, 0.25) is 0 Å². The van der Waals surface area contributed by atoms with Gasteiger partial charge in [0.25, 0.3) is 0 Å². The lowest BCUT2D eigenvalue weighted by atomic mass is 10.2. The first-order valence-electron chi connectivity index (χ1n) is 4.52. The van der Waals surface area contributed by atoms with Gasteiger partial charge in [-0.05, 0) is 24.6 Å². The largest absolute Gasteiger partial charge is 0.368 e. The van der Waals surface area contributed by atoms with Crippen LogP contribution in [0.4, 0.5) is 5.95 Å². The number of nitrogens with two attached hydrogens (primary N) is 1. The standard InChI is InChI=1S/C10H14N4/c1-7-4-5-8-9(6-7)14(13(2)3)10(11)12-8/h4-6H,1-3H3,(H2,11,12). The number of nitrogen functional groups attached to an aromatic ring is 1. The summed E-state index contributed by atoms with van der Waals surface area (Å²) in [5.41, 5.74) is 9.00. The molecule has 0 atom stereocenters. The van der Waals surface area contributed by atoms with Gasteiger partial charge in [-0.15, -0.1) is 0 Å². The van der Waals surface area contributed by atoms with Crippen molar-refractivity contribution in [1.29, 1.82) is 0 Å². The zero-order valence-electron chi connectivity index (χ0n) is 8.65. The molecule has 1 aromatic heterocycles. The number of imidazole rings is 1. The van der Waals surface area contributed by atoms with Crippen LogP contribution in [-0.4, -0.2) is 23.8 Å². The van der Waals surface area contributed by atoms with Gasteiger partial charge in [0.1, 0.15) is 0 Å². The number of nitrogens with zero attached hydrogens (tertiary/aromatic N) is 3. The molecule has 1 heterocycles. The summed E-state index contributed by atoms with van der Waals surface area (Å²) in [6, 6.07) is 6.11.